The number of aryl methyl sites for hydroxylation is 2. The van der Waals surface area contributed by atoms with Gasteiger partial charge in [0.2, 0.25) is 11.8 Å². The summed E-state index contributed by atoms with van der Waals surface area (Å²) in [6.45, 7) is 3.75. The smallest absolute Gasteiger partial charge is 0.249 e. The summed E-state index contributed by atoms with van der Waals surface area (Å²) >= 11 is 18.1. The zero-order valence-corrected chi connectivity index (χ0v) is 15.7. The molecule has 0 bridgehead atoms. The number of hydrogen-bond acceptors (Lipinski definition) is 5. The largest absolute Gasteiger partial charge is 0.418 e. The maximum atomic E-state index is 6.10. The van der Waals surface area contributed by atoms with Crippen molar-refractivity contribution in [3.05, 3.63) is 51.0 Å². The summed E-state index contributed by atoms with van der Waals surface area (Å²) in [5, 5.41) is 5.44. The summed E-state index contributed by atoms with van der Waals surface area (Å²) < 4.78 is 7.45. The van der Waals surface area contributed by atoms with Gasteiger partial charge in [0.05, 0.1) is 21.4 Å². The fourth-order valence-electron chi connectivity index (χ4n) is 2.15. The molecule has 9 heteroatoms. The van der Waals surface area contributed by atoms with E-state index in [0.29, 0.717) is 33.9 Å². The zero-order valence-electron chi connectivity index (χ0n) is 13.4. The molecule has 0 radical (unpaired) electrons. The summed E-state index contributed by atoms with van der Waals surface area (Å²) in [6, 6.07) is 6.91. The lowest BCUT2D eigenvalue weighted by molar-refractivity contribution is 0.427. The Morgan fingerprint density at radius 1 is 1.12 bits per heavy atom. The lowest BCUT2D eigenvalue weighted by Gasteiger charge is -2.11. The Hall–Kier alpha value is -2.02. The van der Waals surface area contributed by atoms with Crippen molar-refractivity contribution in [1.29, 1.82) is 0 Å². The maximum absolute atomic E-state index is 6.10. The van der Waals surface area contributed by atoms with Gasteiger partial charge >= 0.3 is 0 Å². The molecule has 0 aliphatic rings. The third-order valence-corrected chi connectivity index (χ3v) is 4.40. The third kappa shape index (κ3) is 3.66. The molecule has 3 rings (SSSR count). The number of ether oxygens (including phenoxy) is 1. The van der Waals surface area contributed by atoms with Crippen LogP contribution in [0.5, 0.6) is 11.8 Å². The lowest BCUT2D eigenvalue weighted by Crippen LogP contribution is -2.05. The molecule has 0 saturated carbocycles. The molecule has 0 fully saturated rings. The van der Waals surface area contributed by atoms with E-state index in [4.69, 9.17) is 45.3 Å². The Morgan fingerprint density at radius 3 is 2.56 bits per heavy atom. The number of nitrogens with two attached hydrogens (primary N) is 1. The molecule has 25 heavy (non-hydrogen) atoms. The highest BCUT2D eigenvalue weighted by Gasteiger charge is 2.16. The van der Waals surface area contributed by atoms with Crippen LogP contribution in [0.15, 0.2) is 24.3 Å². The topological polar surface area (TPSA) is 78.9 Å². The van der Waals surface area contributed by atoms with Crippen molar-refractivity contribution in [2.45, 2.75) is 20.3 Å². The summed E-state index contributed by atoms with van der Waals surface area (Å²) in [7, 11) is 0. The van der Waals surface area contributed by atoms with E-state index >= 15 is 0 Å². The molecule has 0 unspecified atom stereocenters. The summed E-state index contributed by atoms with van der Waals surface area (Å²) in [5.41, 5.74) is 7.54. The van der Waals surface area contributed by atoms with Crippen molar-refractivity contribution in [2.75, 3.05) is 5.73 Å². The molecule has 2 heterocycles. The van der Waals surface area contributed by atoms with Crippen LogP contribution in [0.4, 0.5) is 5.69 Å². The normalized spacial score (nSPS) is 10.9. The first-order chi connectivity index (χ1) is 11.9. The van der Waals surface area contributed by atoms with Crippen LogP contribution in [0.1, 0.15) is 18.4 Å². The van der Waals surface area contributed by atoms with Crippen LogP contribution in [0.25, 0.3) is 5.69 Å². The number of nitrogen functional groups attached to an aromatic ring is 1. The minimum Gasteiger partial charge on any atom is -0.418 e. The Kier molecular flexibility index (Phi) is 5.03. The molecule has 130 valence electrons. The monoisotopic (exact) mass is 397 g/mol. The molecule has 0 atom stereocenters. The van der Waals surface area contributed by atoms with E-state index in [1.165, 1.54) is 0 Å². The van der Waals surface area contributed by atoms with Crippen LogP contribution in [0, 0.1) is 6.92 Å². The van der Waals surface area contributed by atoms with Crippen LogP contribution < -0.4 is 10.5 Å². The van der Waals surface area contributed by atoms with Gasteiger partial charge < -0.3 is 10.5 Å². The molecule has 0 aliphatic heterocycles. The zero-order chi connectivity index (χ0) is 18.1. The van der Waals surface area contributed by atoms with Crippen molar-refractivity contribution in [3.63, 3.8) is 0 Å². The molecule has 0 saturated heterocycles. The summed E-state index contributed by atoms with van der Waals surface area (Å²) in [5.74, 6) is 1.13. The molecular weight excluding hydrogens is 385 g/mol. The Morgan fingerprint density at radius 2 is 1.88 bits per heavy atom. The fraction of sp³-hybridized carbons (Fsp3) is 0.188. The van der Waals surface area contributed by atoms with E-state index < -0.39 is 0 Å². The average Bonchev–Trinajstić information content (AvgIpc) is 2.94. The summed E-state index contributed by atoms with van der Waals surface area (Å²) in [6.07, 6.45) is 0.599. The molecule has 2 aromatic heterocycles. The minimum atomic E-state index is 0.152. The van der Waals surface area contributed by atoms with E-state index in [1.807, 2.05) is 13.8 Å². The van der Waals surface area contributed by atoms with E-state index in [0.717, 1.165) is 5.69 Å². The van der Waals surface area contributed by atoms with Gasteiger partial charge in [-0.25, -0.2) is 9.67 Å². The fourth-order valence-corrected chi connectivity index (χ4v) is 2.62. The van der Waals surface area contributed by atoms with Crippen LogP contribution in [0.2, 0.25) is 15.2 Å². The maximum Gasteiger partial charge on any atom is 0.249 e. The molecule has 0 spiro atoms. The second-order valence-corrected chi connectivity index (χ2v) is 6.41. The first-order valence-electron chi connectivity index (χ1n) is 7.41. The molecule has 1 aromatic carbocycles. The highest BCUT2D eigenvalue weighted by Crippen LogP contribution is 2.32. The highest BCUT2D eigenvalue weighted by atomic mass is 35.5. The first-order valence-corrected chi connectivity index (χ1v) is 8.54. The van der Waals surface area contributed by atoms with E-state index in [-0.39, 0.29) is 16.7 Å². The van der Waals surface area contributed by atoms with Crippen LogP contribution in [-0.4, -0.2) is 19.7 Å². The number of rotatable bonds is 4. The standard InChI is InChI=1S/C16H14Cl3N5O/c1-3-12-21-15(19)14(20)16(22-12)25-13-6-8(2)23-24(13)9-4-5-10(17)11(18)7-9/h4-7H,3,20H2,1-2H3. The highest BCUT2D eigenvalue weighted by molar-refractivity contribution is 6.42. The van der Waals surface area contributed by atoms with Crippen molar-refractivity contribution < 1.29 is 4.74 Å². The van der Waals surface area contributed by atoms with Gasteiger partial charge in [0.15, 0.2) is 5.15 Å². The molecule has 2 N–H and O–H groups in total. The van der Waals surface area contributed by atoms with E-state index in [1.54, 1.807) is 28.9 Å². The number of halogens is 3. The van der Waals surface area contributed by atoms with Crippen molar-refractivity contribution in [1.82, 2.24) is 19.7 Å². The molecule has 3 aromatic rings. The number of aromatic nitrogens is 4. The summed E-state index contributed by atoms with van der Waals surface area (Å²) in [4.78, 5) is 8.39. The van der Waals surface area contributed by atoms with Crippen LogP contribution in [-0.2, 0) is 6.42 Å². The van der Waals surface area contributed by atoms with Crippen molar-refractivity contribution >= 4 is 40.5 Å². The average molecular weight is 399 g/mol. The molecule has 0 aliphatic carbocycles. The number of benzene rings is 1. The van der Waals surface area contributed by atoms with Gasteiger partial charge in [-0.05, 0) is 25.1 Å². The number of hydrogen-bond donors (Lipinski definition) is 1. The second-order valence-electron chi connectivity index (χ2n) is 5.24. The van der Waals surface area contributed by atoms with Crippen LogP contribution in [0.3, 0.4) is 0 Å². The quantitative estimate of drug-likeness (QED) is 0.634. The third-order valence-electron chi connectivity index (χ3n) is 3.37. The van der Waals surface area contributed by atoms with E-state index in [2.05, 4.69) is 15.1 Å². The predicted octanol–water partition coefficient (Wildman–Crippen LogP) is 4.87. The van der Waals surface area contributed by atoms with Gasteiger partial charge in [0.1, 0.15) is 11.5 Å². The number of anilines is 1. The van der Waals surface area contributed by atoms with Gasteiger partial charge in [0, 0.05) is 12.5 Å². The Bertz CT molecular complexity index is 942. The SMILES string of the molecule is CCc1nc(Cl)c(N)c(Oc2cc(C)nn2-c2ccc(Cl)c(Cl)c2)n1. The van der Waals surface area contributed by atoms with Gasteiger partial charge in [-0.3, -0.25) is 0 Å². The predicted molar refractivity (Wildman–Crippen MR) is 99.2 cm³/mol. The molecule has 6 nitrogen and oxygen atoms in total. The van der Waals surface area contributed by atoms with Crippen molar-refractivity contribution in [3.8, 4) is 17.4 Å². The van der Waals surface area contributed by atoms with Gasteiger partial charge in [-0.15, -0.1) is 0 Å². The number of nitrogens with zero attached hydrogens (tertiary/aromatic N) is 4. The van der Waals surface area contributed by atoms with Gasteiger partial charge in [-0.2, -0.15) is 10.1 Å². The van der Waals surface area contributed by atoms with Gasteiger partial charge in [-0.1, -0.05) is 41.7 Å². The lowest BCUT2D eigenvalue weighted by atomic mass is 10.3. The van der Waals surface area contributed by atoms with Gasteiger partial charge in [0.25, 0.3) is 0 Å². The van der Waals surface area contributed by atoms with Crippen LogP contribution >= 0.6 is 34.8 Å². The second kappa shape index (κ2) is 7.07. The first kappa shape index (κ1) is 17.8. The van der Waals surface area contributed by atoms with E-state index in [9.17, 15) is 0 Å². The van der Waals surface area contributed by atoms with Crippen molar-refractivity contribution in [2.24, 2.45) is 0 Å². The molecular formula is C16H14Cl3N5O. The Balaban J connectivity index is 2.05. The molecule has 0 amide bonds. The Labute approximate surface area is 159 Å². The minimum absolute atomic E-state index is 0.152.